The van der Waals surface area contributed by atoms with Crippen LogP contribution >= 0.6 is 0 Å². The summed E-state index contributed by atoms with van der Waals surface area (Å²) in [4.78, 5) is 0. The quantitative estimate of drug-likeness (QED) is 0.856. The Morgan fingerprint density at radius 3 is 2.61 bits per heavy atom. The number of nitrogens with one attached hydrogen (secondary N) is 2. The molecular formula is C18H19FN4. The highest BCUT2D eigenvalue weighted by atomic mass is 19.1. The zero-order valence-electron chi connectivity index (χ0n) is 13.1. The van der Waals surface area contributed by atoms with Gasteiger partial charge in [-0.1, -0.05) is 23.3 Å². The van der Waals surface area contributed by atoms with Gasteiger partial charge in [-0.2, -0.15) is 0 Å². The first-order valence-corrected chi connectivity index (χ1v) is 7.96. The summed E-state index contributed by atoms with van der Waals surface area (Å²) in [7, 11) is 0. The predicted molar refractivity (Wildman–Crippen MR) is 88.7 cm³/mol. The smallest absolute Gasteiger partial charge is 0.151 e. The number of aryl methyl sites for hydroxylation is 1. The molecular weight excluding hydrogens is 291 g/mol. The molecule has 118 valence electrons. The Morgan fingerprint density at radius 1 is 1.13 bits per heavy atom. The maximum atomic E-state index is 13.3. The summed E-state index contributed by atoms with van der Waals surface area (Å²) < 4.78 is 13.3. The van der Waals surface area contributed by atoms with Gasteiger partial charge in [0.2, 0.25) is 0 Å². The highest BCUT2D eigenvalue weighted by molar-refractivity contribution is 5.61. The van der Waals surface area contributed by atoms with E-state index in [4.69, 9.17) is 0 Å². The lowest BCUT2D eigenvalue weighted by Gasteiger charge is -2.16. The third-order valence-corrected chi connectivity index (χ3v) is 4.61. The van der Waals surface area contributed by atoms with Crippen LogP contribution < -0.4 is 10.6 Å². The molecule has 5 heteroatoms. The molecule has 0 saturated heterocycles. The van der Waals surface area contributed by atoms with Crippen molar-refractivity contribution in [2.24, 2.45) is 0 Å². The molecule has 2 aliphatic rings. The van der Waals surface area contributed by atoms with Crippen molar-refractivity contribution in [3.8, 4) is 11.3 Å². The van der Waals surface area contributed by atoms with Crippen molar-refractivity contribution in [2.45, 2.75) is 25.8 Å². The van der Waals surface area contributed by atoms with Gasteiger partial charge >= 0.3 is 0 Å². The largest absolute Gasteiger partial charge is 0.365 e. The van der Waals surface area contributed by atoms with Gasteiger partial charge in [-0.05, 0) is 43.5 Å². The van der Waals surface area contributed by atoms with Gasteiger partial charge < -0.3 is 10.6 Å². The van der Waals surface area contributed by atoms with E-state index in [1.807, 2.05) is 19.1 Å². The van der Waals surface area contributed by atoms with Gasteiger partial charge in [0.15, 0.2) is 5.82 Å². The van der Waals surface area contributed by atoms with E-state index in [9.17, 15) is 4.39 Å². The summed E-state index contributed by atoms with van der Waals surface area (Å²) >= 11 is 0. The van der Waals surface area contributed by atoms with Crippen molar-refractivity contribution in [2.75, 3.05) is 18.4 Å². The molecule has 0 spiro atoms. The second-order valence-corrected chi connectivity index (χ2v) is 6.33. The van der Waals surface area contributed by atoms with Gasteiger partial charge in [0.05, 0.1) is 5.69 Å². The van der Waals surface area contributed by atoms with Crippen LogP contribution in [-0.4, -0.2) is 29.3 Å². The second kappa shape index (κ2) is 5.74. The zero-order chi connectivity index (χ0) is 15.8. The highest BCUT2D eigenvalue weighted by Gasteiger charge is 2.27. The molecule has 0 radical (unpaired) electrons. The summed E-state index contributed by atoms with van der Waals surface area (Å²) in [6.07, 6.45) is 2.16. The fourth-order valence-corrected chi connectivity index (χ4v) is 3.43. The fourth-order valence-electron chi connectivity index (χ4n) is 3.43. The molecule has 0 atom stereocenters. The molecule has 2 aromatic rings. The van der Waals surface area contributed by atoms with E-state index < -0.39 is 0 Å². The van der Waals surface area contributed by atoms with E-state index in [2.05, 4.69) is 20.8 Å². The molecule has 4 rings (SSSR count). The lowest BCUT2D eigenvalue weighted by molar-refractivity contribution is 0.628. The van der Waals surface area contributed by atoms with Crippen molar-refractivity contribution in [3.63, 3.8) is 0 Å². The normalized spacial score (nSPS) is 17.7. The van der Waals surface area contributed by atoms with E-state index in [1.54, 1.807) is 17.2 Å². The molecule has 0 unspecified atom stereocenters. The van der Waals surface area contributed by atoms with Crippen molar-refractivity contribution in [3.05, 3.63) is 52.9 Å². The van der Waals surface area contributed by atoms with Crippen molar-refractivity contribution < 1.29 is 4.39 Å². The number of hydrogen-bond acceptors (Lipinski definition) is 4. The van der Waals surface area contributed by atoms with Gasteiger partial charge in [0.25, 0.3) is 0 Å². The Balaban J connectivity index is 1.50. The summed E-state index contributed by atoms with van der Waals surface area (Å²) in [6.45, 7) is 4.06. The van der Waals surface area contributed by atoms with Crippen LogP contribution in [0, 0.1) is 12.7 Å². The van der Waals surface area contributed by atoms with E-state index in [0.29, 0.717) is 11.7 Å². The standard InChI is InChI=1S/C18H19FN4/c1-11-5-17(12-3-2-4-15(19)6-12)22-23-18(11)21-16-7-13-9-20-10-14(13)8-16/h2-6,16,20H,7-10H2,1H3,(H,21,23). The van der Waals surface area contributed by atoms with Crippen LogP contribution in [0.4, 0.5) is 10.2 Å². The van der Waals surface area contributed by atoms with Crippen LogP contribution in [0.3, 0.4) is 0 Å². The first kappa shape index (κ1) is 14.3. The molecule has 0 fully saturated rings. The first-order chi connectivity index (χ1) is 11.2. The predicted octanol–water partition coefficient (Wildman–Crippen LogP) is 3.07. The van der Waals surface area contributed by atoms with E-state index >= 15 is 0 Å². The van der Waals surface area contributed by atoms with E-state index in [-0.39, 0.29) is 5.82 Å². The van der Waals surface area contributed by atoms with Gasteiger partial charge in [0.1, 0.15) is 5.82 Å². The summed E-state index contributed by atoms with van der Waals surface area (Å²) in [5.74, 6) is 0.564. The molecule has 23 heavy (non-hydrogen) atoms. The SMILES string of the molecule is Cc1cc(-c2cccc(F)c2)nnc1NC1CC2=C(CNC2)C1. The minimum atomic E-state index is -0.260. The summed E-state index contributed by atoms with van der Waals surface area (Å²) in [6, 6.07) is 8.82. The average Bonchev–Trinajstić information content (AvgIpc) is 3.10. The number of hydrogen-bond donors (Lipinski definition) is 2. The molecule has 0 amide bonds. The second-order valence-electron chi connectivity index (χ2n) is 6.33. The third-order valence-electron chi connectivity index (χ3n) is 4.61. The number of nitrogens with zero attached hydrogens (tertiary/aromatic N) is 2. The van der Waals surface area contributed by atoms with Crippen LogP contribution in [0.25, 0.3) is 11.3 Å². The maximum Gasteiger partial charge on any atom is 0.151 e. The van der Waals surface area contributed by atoms with Crippen LogP contribution in [0.5, 0.6) is 0 Å². The minimum absolute atomic E-state index is 0.260. The lowest BCUT2D eigenvalue weighted by Crippen LogP contribution is -2.22. The molecule has 0 saturated carbocycles. The number of halogens is 1. The Morgan fingerprint density at radius 2 is 1.91 bits per heavy atom. The third kappa shape index (κ3) is 2.84. The lowest BCUT2D eigenvalue weighted by atomic mass is 10.1. The summed E-state index contributed by atoms with van der Waals surface area (Å²) in [5, 5.41) is 15.5. The van der Waals surface area contributed by atoms with Crippen molar-refractivity contribution >= 4 is 5.82 Å². The number of aromatic nitrogens is 2. The minimum Gasteiger partial charge on any atom is -0.365 e. The maximum absolute atomic E-state index is 13.3. The first-order valence-electron chi connectivity index (χ1n) is 7.96. The summed E-state index contributed by atoms with van der Waals surface area (Å²) in [5.41, 5.74) is 5.57. The number of benzene rings is 1. The molecule has 1 aromatic heterocycles. The molecule has 1 aliphatic heterocycles. The number of anilines is 1. The monoisotopic (exact) mass is 310 g/mol. The molecule has 0 bridgehead atoms. The van der Waals surface area contributed by atoms with Crippen LogP contribution in [0.2, 0.25) is 0 Å². The van der Waals surface area contributed by atoms with Gasteiger partial charge in [-0.15, -0.1) is 10.2 Å². The van der Waals surface area contributed by atoms with Crippen molar-refractivity contribution in [1.82, 2.24) is 15.5 Å². The van der Waals surface area contributed by atoms with Gasteiger partial charge in [-0.3, -0.25) is 0 Å². The molecule has 1 aromatic carbocycles. The molecule has 1 aliphatic carbocycles. The Hall–Kier alpha value is -2.27. The zero-order valence-corrected chi connectivity index (χ0v) is 13.1. The highest BCUT2D eigenvalue weighted by Crippen LogP contribution is 2.31. The van der Waals surface area contributed by atoms with E-state index in [1.165, 1.54) is 12.1 Å². The van der Waals surface area contributed by atoms with Crippen LogP contribution in [0.15, 0.2) is 41.5 Å². The Labute approximate surface area is 134 Å². The van der Waals surface area contributed by atoms with E-state index in [0.717, 1.165) is 42.9 Å². The Bertz CT molecular complexity index is 768. The molecule has 2 N–H and O–H groups in total. The fraction of sp³-hybridized carbons (Fsp3) is 0.333. The van der Waals surface area contributed by atoms with Crippen LogP contribution in [0.1, 0.15) is 18.4 Å². The van der Waals surface area contributed by atoms with Crippen molar-refractivity contribution in [1.29, 1.82) is 0 Å². The Kier molecular flexibility index (Phi) is 3.58. The average molecular weight is 310 g/mol. The van der Waals surface area contributed by atoms with Crippen LogP contribution in [-0.2, 0) is 0 Å². The van der Waals surface area contributed by atoms with Gasteiger partial charge in [0, 0.05) is 24.7 Å². The topological polar surface area (TPSA) is 49.8 Å². The number of rotatable bonds is 3. The molecule has 2 heterocycles. The van der Waals surface area contributed by atoms with Gasteiger partial charge in [-0.25, -0.2) is 4.39 Å². The molecule has 4 nitrogen and oxygen atoms in total.